The van der Waals surface area contributed by atoms with Gasteiger partial charge >= 0.3 is 6.09 Å². The summed E-state index contributed by atoms with van der Waals surface area (Å²) in [4.78, 5) is 11.5. The third-order valence-corrected chi connectivity index (χ3v) is 2.05. The molecule has 0 rings (SSSR count). The molecule has 0 heterocycles. The highest BCUT2D eigenvalue weighted by atomic mass is 16.6. The number of rotatable bonds is 4. The smallest absolute Gasteiger partial charge is 0.407 e. The van der Waals surface area contributed by atoms with Crippen LogP contribution in [0.1, 0.15) is 41.0 Å². The van der Waals surface area contributed by atoms with Gasteiger partial charge in [0, 0.05) is 6.04 Å². The molecule has 0 aliphatic carbocycles. The second-order valence-electron chi connectivity index (χ2n) is 4.96. The SMILES string of the molecule is C#CC(/C=C\CC)C(C)NC(=O)OC(C)(C)C. The minimum atomic E-state index is -0.491. The van der Waals surface area contributed by atoms with Crippen LogP contribution in [0.2, 0.25) is 0 Å². The third kappa shape index (κ3) is 7.46. The fourth-order valence-electron chi connectivity index (χ4n) is 1.23. The number of carbonyl (C=O) groups excluding carboxylic acids is 1. The highest BCUT2D eigenvalue weighted by Crippen LogP contribution is 2.09. The van der Waals surface area contributed by atoms with Crippen LogP contribution in [0.25, 0.3) is 0 Å². The molecule has 0 saturated carbocycles. The number of terminal acetylenes is 1. The Morgan fingerprint density at radius 3 is 2.53 bits per heavy atom. The molecule has 0 aromatic rings. The van der Waals surface area contributed by atoms with Crippen LogP contribution in [0.4, 0.5) is 4.79 Å². The Bertz CT molecular complexity index is 307. The minimum Gasteiger partial charge on any atom is -0.444 e. The molecule has 2 unspecified atom stereocenters. The molecule has 0 fully saturated rings. The van der Waals surface area contributed by atoms with Crippen LogP contribution in [0.15, 0.2) is 12.2 Å². The Hall–Kier alpha value is -1.43. The monoisotopic (exact) mass is 237 g/mol. The lowest BCUT2D eigenvalue weighted by Crippen LogP contribution is -2.40. The van der Waals surface area contributed by atoms with Crippen molar-refractivity contribution in [3.63, 3.8) is 0 Å². The normalized spacial score (nSPS) is 15.1. The van der Waals surface area contributed by atoms with Gasteiger partial charge < -0.3 is 10.1 Å². The number of hydrogen-bond donors (Lipinski definition) is 1. The van der Waals surface area contributed by atoms with E-state index in [2.05, 4.69) is 11.2 Å². The lowest BCUT2D eigenvalue weighted by atomic mass is 10.0. The highest BCUT2D eigenvalue weighted by Gasteiger charge is 2.20. The summed E-state index contributed by atoms with van der Waals surface area (Å²) in [5.41, 5.74) is -0.491. The summed E-state index contributed by atoms with van der Waals surface area (Å²) in [5.74, 6) is 2.54. The number of allylic oxidation sites excluding steroid dienone is 1. The van der Waals surface area contributed by atoms with Crippen molar-refractivity contribution in [1.29, 1.82) is 0 Å². The van der Waals surface area contributed by atoms with Gasteiger partial charge in [0.25, 0.3) is 0 Å². The summed E-state index contributed by atoms with van der Waals surface area (Å²) in [7, 11) is 0. The molecular formula is C14H23NO2. The van der Waals surface area contributed by atoms with Crippen LogP contribution in [0.3, 0.4) is 0 Å². The second kappa shape index (κ2) is 7.01. The Labute approximate surface area is 105 Å². The van der Waals surface area contributed by atoms with Crippen molar-refractivity contribution in [3.05, 3.63) is 12.2 Å². The molecule has 0 saturated heterocycles. The van der Waals surface area contributed by atoms with Gasteiger partial charge in [0.15, 0.2) is 0 Å². The number of alkyl carbamates (subject to hydrolysis) is 1. The van der Waals surface area contributed by atoms with E-state index < -0.39 is 11.7 Å². The van der Waals surface area contributed by atoms with Gasteiger partial charge in [0.2, 0.25) is 0 Å². The van der Waals surface area contributed by atoms with E-state index in [1.165, 1.54) is 0 Å². The first-order valence-corrected chi connectivity index (χ1v) is 5.92. The first-order chi connectivity index (χ1) is 7.80. The number of amides is 1. The van der Waals surface area contributed by atoms with Crippen LogP contribution in [-0.2, 0) is 4.74 Å². The van der Waals surface area contributed by atoms with Crippen LogP contribution < -0.4 is 5.32 Å². The number of ether oxygens (including phenoxy) is 1. The van der Waals surface area contributed by atoms with E-state index in [-0.39, 0.29) is 12.0 Å². The van der Waals surface area contributed by atoms with Gasteiger partial charge in [-0.25, -0.2) is 4.79 Å². The molecule has 0 aliphatic heterocycles. The zero-order valence-electron chi connectivity index (χ0n) is 11.4. The van der Waals surface area contributed by atoms with Crippen molar-refractivity contribution >= 4 is 6.09 Å². The third-order valence-electron chi connectivity index (χ3n) is 2.05. The summed E-state index contributed by atoms with van der Waals surface area (Å²) in [6, 6.07) is -0.141. The van der Waals surface area contributed by atoms with Crippen molar-refractivity contribution in [2.45, 2.75) is 52.7 Å². The van der Waals surface area contributed by atoms with Gasteiger partial charge in [-0.05, 0) is 34.1 Å². The molecule has 0 spiro atoms. The molecule has 17 heavy (non-hydrogen) atoms. The lowest BCUT2D eigenvalue weighted by molar-refractivity contribution is 0.0503. The van der Waals surface area contributed by atoms with Gasteiger partial charge in [-0.3, -0.25) is 0 Å². The summed E-state index contributed by atoms with van der Waals surface area (Å²) in [6.07, 6.45) is 9.85. The van der Waals surface area contributed by atoms with E-state index in [0.29, 0.717) is 0 Å². The minimum absolute atomic E-state index is 0.109. The maximum atomic E-state index is 11.5. The molecule has 0 radical (unpaired) electrons. The Kier molecular flexibility index (Phi) is 6.42. The summed E-state index contributed by atoms with van der Waals surface area (Å²) in [6.45, 7) is 9.39. The molecule has 3 nitrogen and oxygen atoms in total. The molecule has 0 aliphatic rings. The zero-order valence-corrected chi connectivity index (χ0v) is 11.4. The first-order valence-electron chi connectivity index (χ1n) is 5.92. The largest absolute Gasteiger partial charge is 0.444 e. The van der Waals surface area contributed by atoms with E-state index in [4.69, 9.17) is 11.2 Å². The van der Waals surface area contributed by atoms with E-state index in [1.54, 1.807) is 0 Å². The Morgan fingerprint density at radius 1 is 1.53 bits per heavy atom. The van der Waals surface area contributed by atoms with Crippen LogP contribution in [0.5, 0.6) is 0 Å². The number of carbonyl (C=O) groups is 1. The predicted octanol–water partition coefficient (Wildman–Crippen LogP) is 3.12. The molecule has 0 aromatic heterocycles. The highest BCUT2D eigenvalue weighted by molar-refractivity contribution is 5.68. The van der Waals surface area contributed by atoms with Gasteiger partial charge in [0.1, 0.15) is 5.60 Å². The second-order valence-corrected chi connectivity index (χ2v) is 4.96. The van der Waals surface area contributed by atoms with Crippen molar-refractivity contribution in [2.75, 3.05) is 0 Å². The molecule has 0 bridgehead atoms. The fraction of sp³-hybridized carbons (Fsp3) is 0.643. The van der Waals surface area contributed by atoms with Crippen molar-refractivity contribution in [1.82, 2.24) is 5.32 Å². The molecule has 1 N–H and O–H groups in total. The number of nitrogens with one attached hydrogen (secondary N) is 1. The van der Waals surface area contributed by atoms with Gasteiger partial charge in [-0.2, -0.15) is 0 Å². The van der Waals surface area contributed by atoms with Crippen molar-refractivity contribution < 1.29 is 9.53 Å². The van der Waals surface area contributed by atoms with Crippen LogP contribution >= 0.6 is 0 Å². The number of hydrogen-bond acceptors (Lipinski definition) is 2. The van der Waals surface area contributed by atoms with Crippen molar-refractivity contribution in [2.24, 2.45) is 5.92 Å². The summed E-state index contributed by atoms with van der Waals surface area (Å²) in [5, 5.41) is 2.74. The van der Waals surface area contributed by atoms with Gasteiger partial charge in [-0.1, -0.05) is 25.0 Å². The Morgan fingerprint density at radius 2 is 2.12 bits per heavy atom. The van der Waals surface area contributed by atoms with Crippen LogP contribution in [-0.4, -0.2) is 17.7 Å². The van der Waals surface area contributed by atoms with Crippen molar-refractivity contribution in [3.8, 4) is 12.3 Å². The Balaban J connectivity index is 4.33. The molecule has 3 heteroatoms. The molecule has 96 valence electrons. The fourth-order valence-corrected chi connectivity index (χ4v) is 1.23. The standard InChI is InChI=1S/C14H23NO2/c1-7-9-10-12(8-2)11(3)15-13(16)17-14(4,5)6/h2,9-12H,7H2,1,3-6H3,(H,15,16)/b10-9-. The lowest BCUT2D eigenvalue weighted by Gasteiger charge is -2.23. The molecule has 1 amide bonds. The van der Waals surface area contributed by atoms with E-state index in [9.17, 15) is 4.79 Å². The summed E-state index contributed by atoms with van der Waals surface area (Å²) < 4.78 is 5.16. The van der Waals surface area contributed by atoms with E-state index in [0.717, 1.165) is 6.42 Å². The molecule has 2 atom stereocenters. The van der Waals surface area contributed by atoms with E-state index in [1.807, 2.05) is 46.8 Å². The summed E-state index contributed by atoms with van der Waals surface area (Å²) >= 11 is 0. The average Bonchev–Trinajstić information content (AvgIpc) is 2.15. The zero-order chi connectivity index (χ0) is 13.5. The van der Waals surface area contributed by atoms with Gasteiger partial charge in [0.05, 0.1) is 5.92 Å². The first kappa shape index (κ1) is 15.6. The maximum Gasteiger partial charge on any atom is 0.407 e. The predicted molar refractivity (Wildman–Crippen MR) is 70.6 cm³/mol. The quantitative estimate of drug-likeness (QED) is 0.602. The topological polar surface area (TPSA) is 38.3 Å². The molecule has 0 aromatic carbocycles. The van der Waals surface area contributed by atoms with E-state index >= 15 is 0 Å². The molecular weight excluding hydrogens is 214 g/mol. The van der Waals surface area contributed by atoms with Crippen LogP contribution in [0, 0.1) is 18.3 Å². The maximum absolute atomic E-state index is 11.5. The average molecular weight is 237 g/mol. The van der Waals surface area contributed by atoms with Gasteiger partial charge in [-0.15, -0.1) is 6.42 Å².